The van der Waals surface area contributed by atoms with Gasteiger partial charge < -0.3 is 14.5 Å². The molecule has 2 aliphatic heterocycles. The van der Waals surface area contributed by atoms with Crippen LogP contribution in [0.4, 0.5) is 0 Å². The van der Waals surface area contributed by atoms with E-state index in [1.165, 1.54) is 11.1 Å². The van der Waals surface area contributed by atoms with Crippen molar-refractivity contribution in [2.24, 2.45) is 11.8 Å². The summed E-state index contributed by atoms with van der Waals surface area (Å²) >= 11 is 0. The Morgan fingerprint density at radius 2 is 1.86 bits per heavy atom. The second kappa shape index (κ2) is 9.42. The van der Waals surface area contributed by atoms with Crippen LogP contribution in [0.3, 0.4) is 0 Å². The third kappa shape index (κ3) is 5.17. The Morgan fingerprint density at radius 3 is 2.55 bits per heavy atom. The number of aryl methyl sites for hydroxylation is 1. The molecular weight excluding hydrogens is 368 g/mol. The van der Waals surface area contributed by atoms with Crippen LogP contribution in [0.15, 0.2) is 24.3 Å². The lowest BCUT2D eigenvalue weighted by Crippen LogP contribution is -2.51. The van der Waals surface area contributed by atoms with E-state index >= 15 is 0 Å². The summed E-state index contributed by atoms with van der Waals surface area (Å²) in [6.45, 7) is 7.97. The molecule has 1 aromatic rings. The van der Waals surface area contributed by atoms with Crippen molar-refractivity contribution < 1.29 is 19.1 Å². The summed E-state index contributed by atoms with van der Waals surface area (Å²) in [5.41, 5.74) is 2.36. The van der Waals surface area contributed by atoms with Crippen molar-refractivity contribution in [1.82, 2.24) is 9.80 Å². The van der Waals surface area contributed by atoms with Gasteiger partial charge in [-0.2, -0.15) is 0 Å². The van der Waals surface area contributed by atoms with Crippen LogP contribution in [0.2, 0.25) is 0 Å². The van der Waals surface area contributed by atoms with Gasteiger partial charge in [0.2, 0.25) is 11.8 Å². The van der Waals surface area contributed by atoms with E-state index in [1.807, 2.05) is 11.0 Å². The van der Waals surface area contributed by atoms with Crippen LogP contribution < -0.4 is 0 Å². The molecule has 29 heavy (non-hydrogen) atoms. The number of nitrogens with zero attached hydrogens (tertiary/aromatic N) is 2. The van der Waals surface area contributed by atoms with Crippen LogP contribution in [0.25, 0.3) is 0 Å². The molecule has 2 saturated heterocycles. The van der Waals surface area contributed by atoms with Crippen molar-refractivity contribution in [3.8, 4) is 0 Å². The number of hydrogen-bond donors (Lipinski definition) is 0. The molecule has 0 aliphatic carbocycles. The molecule has 2 heterocycles. The number of esters is 1. The molecule has 0 radical (unpaired) electrons. The topological polar surface area (TPSA) is 66.9 Å². The van der Waals surface area contributed by atoms with Crippen LogP contribution in [-0.4, -0.2) is 60.4 Å². The molecule has 6 heteroatoms. The number of amides is 2. The maximum Gasteiger partial charge on any atom is 0.310 e. The fourth-order valence-electron chi connectivity index (χ4n) is 4.59. The number of piperidine rings is 2. The van der Waals surface area contributed by atoms with Crippen LogP contribution in [0.5, 0.6) is 0 Å². The monoisotopic (exact) mass is 400 g/mol. The standard InChI is InChI=1S/C23H32N2O4/c1-4-29-23(28)19-9-6-10-24(13-19)22(27)21-12-20(14-25(15-21)17(3)26)18-8-5-7-16(2)11-18/h5,7-8,11,19-21H,4,6,9-10,12-15H2,1-3H3. The van der Waals surface area contributed by atoms with Crippen LogP contribution in [0.1, 0.15) is 50.2 Å². The average molecular weight is 401 g/mol. The zero-order valence-electron chi connectivity index (χ0n) is 17.7. The molecule has 2 amide bonds. The molecule has 0 saturated carbocycles. The van der Waals surface area contributed by atoms with Gasteiger partial charge in [0.25, 0.3) is 0 Å². The number of ether oxygens (including phenoxy) is 1. The molecule has 0 bridgehead atoms. The Balaban J connectivity index is 1.74. The number of carbonyl (C=O) groups is 3. The van der Waals surface area contributed by atoms with Gasteiger partial charge in [0, 0.05) is 39.0 Å². The number of benzene rings is 1. The van der Waals surface area contributed by atoms with Gasteiger partial charge in [-0.05, 0) is 38.7 Å². The molecule has 0 aromatic heterocycles. The van der Waals surface area contributed by atoms with Crippen molar-refractivity contribution in [2.45, 2.75) is 46.0 Å². The predicted molar refractivity (Wildman–Crippen MR) is 110 cm³/mol. The van der Waals surface area contributed by atoms with Gasteiger partial charge >= 0.3 is 5.97 Å². The van der Waals surface area contributed by atoms with Gasteiger partial charge in [0.1, 0.15) is 0 Å². The van der Waals surface area contributed by atoms with E-state index in [4.69, 9.17) is 4.74 Å². The molecule has 0 N–H and O–H groups in total. The highest BCUT2D eigenvalue weighted by Gasteiger charge is 2.38. The molecule has 3 atom stereocenters. The summed E-state index contributed by atoms with van der Waals surface area (Å²) in [6.07, 6.45) is 2.30. The minimum atomic E-state index is -0.243. The summed E-state index contributed by atoms with van der Waals surface area (Å²) in [5, 5.41) is 0. The number of rotatable bonds is 4. The van der Waals surface area contributed by atoms with Gasteiger partial charge in [-0.15, -0.1) is 0 Å². The van der Waals surface area contributed by atoms with Crippen molar-refractivity contribution in [2.75, 3.05) is 32.8 Å². The summed E-state index contributed by atoms with van der Waals surface area (Å²) < 4.78 is 5.16. The first-order chi connectivity index (χ1) is 13.9. The van der Waals surface area contributed by atoms with E-state index in [9.17, 15) is 14.4 Å². The fourth-order valence-corrected chi connectivity index (χ4v) is 4.59. The molecule has 2 aliphatic rings. The Hall–Kier alpha value is -2.37. The van der Waals surface area contributed by atoms with Gasteiger partial charge in [-0.25, -0.2) is 0 Å². The Morgan fingerprint density at radius 1 is 1.10 bits per heavy atom. The van der Waals surface area contributed by atoms with E-state index in [-0.39, 0.29) is 35.5 Å². The highest BCUT2D eigenvalue weighted by molar-refractivity contribution is 5.82. The van der Waals surface area contributed by atoms with E-state index < -0.39 is 0 Å². The van der Waals surface area contributed by atoms with Crippen LogP contribution in [-0.2, 0) is 19.1 Å². The molecule has 1 aromatic carbocycles. The minimum Gasteiger partial charge on any atom is -0.466 e. The number of likely N-dealkylation sites (tertiary alicyclic amines) is 2. The van der Waals surface area contributed by atoms with Crippen molar-refractivity contribution in [1.29, 1.82) is 0 Å². The van der Waals surface area contributed by atoms with E-state index in [1.54, 1.807) is 18.7 Å². The normalized spacial score (nSPS) is 24.9. The summed E-state index contributed by atoms with van der Waals surface area (Å²) in [6, 6.07) is 8.32. The number of carbonyl (C=O) groups excluding carboxylic acids is 3. The lowest BCUT2D eigenvalue weighted by atomic mass is 9.83. The fraction of sp³-hybridized carbons (Fsp3) is 0.609. The Kier molecular flexibility index (Phi) is 6.93. The molecular formula is C23H32N2O4. The maximum atomic E-state index is 13.3. The Labute approximate surface area is 173 Å². The third-order valence-corrected chi connectivity index (χ3v) is 6.11. The lowest BCUT2D eigenvalue weighted by molar-refractivity contribution is -0.152. The van der Waals surface area contributed by atoms with Crippen molar-refractivity contribution in [3.05, 3.63) is 35.4 Å². The SMILES string of the molecule is CCOC(=O)C1CCCN(C(=O)C2CC(c3cccc(C)c3)CN(C(C)=O)C2)C1. The summed E-state index contributed by atoms with van der Waals surface area (Å²) in [7, 11) is 0. The molecule has 2 fully saturated rings. The van der Waals surface area contributed by atoms with Crippen LogP contribution >= 0.6 is 0 Å². The first kappa shape index (κ1) is 21.3. The van der Waals surface area contributed by atoms with E-state index in [2.05, 4.69) is 25.1 Å². The first-order valence-corrected chi connectivity index (χ1v) is 10.7. The minimum absolute atomic E-state index is 0.00296. The highest BCUT2D eigenvalue weighted by Crippen LogP contribution is 2.32. The zero-order chi connectivity index (χ0) is 21.0. The van der Waals surface area contributed by atoms with Crippen molar-refractivity contribution in [3.63, 3.8) is 0 Å². The average Bonchev–Trinajstić information content (AvgIpc) is 2.73. The quantitative estimate of drug-likeness (QED) is 0.729. The van der Waals surface area contributed by atoms with Crippen molar-refractivity contribution >= 4 is 17.8 Å². The molecule has 6 nitrogen and oxygen atoms in total. The van der Waals surface area contributed by atoms with E-state index in [0.717, 1.165) is 19.3 Å². The molecule has 158 valence electrons. The van der Waals surface area contributed by atoms with Gasteiger partial charge in [0.05, 0.1) is 18.4 Å². The van der Waals surface area contributed by atoms with Crippen LogP contribution in [0, 0.1) is 18.8 Å². The Bertz CT molecular complexity index is 763. The van der Waals surface area contributed by atoms with Gasteiger partial charge in [-0.3, -0.25) is 14.4 Å². The second-order valence-electron chi connectivity index (χ2n) is 8.34. The van der Waals surface area contributed by atoms with E-state index in [0.29, 0.717) is 32.8 Å². The first-order valence-electron chi connectivity index (χ1n) is 10.7. The second-order valence-corrected chi connectivity index (χ2v) is 8.34. The predicted octanol–water partition coefficient (Wildman–Crippen LogP) is 2.75. The highest BCUT2D eigenvalue weighted by atomic mass is 16.5. The smallest absolute Gasteiger partial charge is 0.310 e. The largest absolute Gasteiger partial charge is 0.466 e. The molecule has 3 unspecified atom stereocenters. The van der Waals surface area contributed by atoms with Gasteiger partial charge in [-0.1, -0.05) is 29.8 Å². The van der Waals surface area contributed by atoms with Gasteiger partial charge in [0.15, 0.2) is 0 Å². The lowest BCUT2D eigenvalue weighted by Gasteiger charge is -2.40. The number of hydrogen-bond acceptors (Lipinski definition) is 4. The molecule has 3 rings (SSSR count). The molecule has 0 spiro atoms. The summed E-state index contributed by atoms with van der Waals surface area (Å²) in [4.78, 5) is 41.2. The summed E-state index contributed by atoms with van der Waals surface area (Å²) in [5.74, 6) is -0.485. The maximum absolute atomic E-state index is 13.3. The zero-order valence-corrected chi connectivity index (χ0v) is 17.7. The third-order valence-electron chi connectivity index (χ3n) is 6.11.